The molecule has 0 N–H and O–H groups in total. The summed E-state index contributed by atoms with van der Waals surface area (Å²) in [6.45, 7) is 2.02. The van der Waals surface area contributed by atoms with Crippen molar-refractivity contribution >= 4 is 39.5 Å². The summed E-state index contributed by atoms with van der Waals surface area (Å²) in [4.78, 5) is 16.9. The average Bonchev–Trinajstić information content (AvgIpc) is 3.19. The van der Waals surface area contributed by atoms with E-state index in [4.69, 9.17) is 9.47 Å². The summed E-state index contributed by atoms with van der Waals surface area (Å²) >= 11 is 3.00. The highest BCUT2D eigenvalue weighted by Gasteiger charge is 2.11. The van der Waals surface area contributed by atoms with Crippen LogP contribution in [0.1, 0.15) is 23.9 Å². The molecule has 8 heteroatoms. The monoisotopic (exact) mass is 479 g/mol. The van der Waals surface area contributed by atoms with Crippen molar-refractivity contribution in [2.24, 2.45) is 7.05 Å². The maximum atomic E-state index is 11.2. The van der Waals surface area contributed by atoms with Gasteiger partial charge in [0, 0.05) is 47.6 Å². The molecular formula is C25H25N3O3S2. The van der Waals surface area contributed by atoms with Crippen LogP contribution in [-0.2, 0) is 30.0 Å². The van der Waals surface area contributed by atoms with E-state index in [1.165, 1.54) is 11.8 Å². The van der Waals surface area contributed by atoms with Gasteiger partial charge in [0.25, 0.3) is 0 Å². The van der Waals surface area contributed by atoms with Crippen molar-refractivity contribution in [3.8, 4) is 11.5 Å². The number of ether oxygens (including phenoxy) is 2. The molecule has 2 heterocycles. The molecule has 0 radical (unpaired) electrons. The van der Waals surface area contributed by atoms with E-state index in [-0.39, 0.29) is 5.12 Å². The Morgan fingerprint density at radius 3 is 2.67 bits per heavy atom. The molecule has 2 aromatic carbocycles. The zero-order valence-corrected chi connectivity index (χ0v) is 20.4. The van der Waals surface area contributed by atoms with E-state index >= 15 is 0 Å². The molecule has 2 aromatic heterocycles. The van der Waals surface area contributed by atoms with Crippen LogP contribution in [0.15, 0.2) is 65.7 Å². The highest BCUT2D eigenvalue weighted by atomic mass is 32.2. The van der Waals surface area contributed by atoms with Crippen LogP contribution in [0.5, 0.6) is 11.5 Å². The van der Waals surface area contributed by atoms with Crippen LogP contribution < -0.4 is 9.47 Å². The van der Waals surface area contributed by atoms with Crippen LogP contribution >= 0.6 is 23.5 Å². The molecule has 0 aliphatic carbocycles. The molecule has 33 heavy (non-hydrogen) atoms. The molecular weight excluding hydrogens is 454 g/mol. The number of nitrogens with zero attached hydrogens (tertiary/aromatic N) is 3. The SMILES string of the molecule is COc1ccc(COc2cc(SCc3cc(CSC(C)=O)nn3C)cc3cccnc23)cc1. The number of benzene rings is 2. The second-order valence-electron chi connectivity index (χ2n) is 7.45. The minimum absolute atomic E-state index is 0.100. The first kappa shape index (κ1) is 23.2. The number of aryl methyl sites for hydroxylation is 1. The van der Waals surface area contributed by atoms with Gasteiger partial charge in [-0.1, -0.05) is 30.0 Å². The summed E-state index contributed by atoms with van der Waals surface area (Å²) < 4.78 is 13.3. The molecule has 0 aliphatic heterocycles. The van der Waals surface area contributed by atoms with Gasteiger partial charge in [0.2, 0.25) is 0 Å². The molecule has 0 bridgehead atoms. The van der Waals surface area contributed by atoms with Crippen molar-refractivity contribution in [2.45, 2.75) is 29.9 Å². The summed E-state index contributed by atoms with van der Waals surface area (Å²) in [5.41, 5.74) is 3.92. The predicted molar refractivity (Wildman–Crippen MR) is 134 cm³/mol. The van der Waals surface area contributed by atoms with E-state index in [1.807, 2.05) is 54.2 Å². The number of aromatic nitrogens is 3. The lowest BCUT2D eigenvalue weighted by Gasteiger charge is -2.12. The zero-order valence-electron chi connectivity index (χ0n) is 18.8. The summed E-state index contributed by atoms with van der Waals surface area (Å²) in [5.74, 6) is 2.94. The van der Waals surface area contributed by atoms with Crippen molar-refractivity contribution in [2.75, 3.05) is 7.11 Å². The van der Waals surface area contributed by atoms with Gasteiger partial charge in [0.15, 0.2) is 5.12 Å². The minimum atomic E-state index is 0.100. The number of rotatable bonds is 9. The molecule has 0 aliphatic rings. The molecule has 0 unspecified atom stereocenters. The van der Waals surface area contributed by atoms with Crippen molar-refractivity contribution in [1.29, 1.82) is 0 Å². The molecule has 0 fully saturated rings. The molecule has 4 aromatic rings. The standard InChI is InChI=1S/C25H25N3O3S2/c1-17(29)32-15-20-12-21(28(2)27-20)16-33-23-11-19-5-4-10-26-25(19)24(13-23)31-14-18-6-8-22(30-3)9-7-18/h4-13H,14-16H2,1-3H3. The first-order chi connectivity index (χ1) is 16.0. The Kier molecular flexibility index (Phi) is 7.57. The van der Waals surface area contributed by atoms with E-state index in [0.29, 0.717) is 12.4 Å². The van der Waals surface area contributed by atoms with Crippen molar-refractivity contribution < 1.29 is 14.3 Å². The van der Waals surface area contributed by atoms with Crippen LogP contribution in [0.4, 0.5) is 0 Å². The van der Waals surface area contributed by atoms with Crippen LogP contribution in [0, 0.1) is 0 Å². The third-order valence-corrected chi connectivity index (χ3v) is 6.89. The van der Waals surface area contributed by atoms with Crippen molar-refractivity contribution in [3.63, 3.8) is 0 Å². The van der Waals surface area contributed by atoms with Gasteiger partial charge in [-0.2, -0.15) is 5.10 Å². The maximum Gasteiger partial charge on any atom is 0.186 e. The summed E-state index contributed by atoms with van der Waals surface area (Å²) in [7, 11) is 3.59. The lowest BCUT2D eigenvalue weighted by Crippen LogP contribution is -1.98. The van der Waals surface area contributed by atoms with Gasteiger partial charge in [0.1, 0.15) is 23.6 Å². The number of thioether (sulfide) groups is 2. The molecule has 170 valence electrons. The number of methoxy groups -OCH3 is 1. The smallest absolute Gasteiger partial charge is 0.186 e. The minimum Gasteiger partial charge on any atom is -0.497 e. The fourth-order valence-electron chi connectivity index (χ4n) is 3.32. The highest BCUT2D eigenvalue weighted by Crippen LogP contribution is 2.33. The van der Waals surface area contributed by atoms with Crippen LogP contribution in [0.3, 0.4) is 0 Å². The molecule has 4 rings (SSSR count). The van der Waals surface area contributed by atoms with Gasteiger partial charge >= 0.3 is 0 Å². The second kappa shape index (κ2) is 10.8. The molecule has 0 amide bonds. The van der Waals surface area contributed by atoms with Gasteiger partial charge in [-0.25, -0.2) is 0 Å². The maximum absolute atomic E-state index is 11.2. The summed E-state index contributed by atoms with van der Waals surface area (Å²) in [6, 6.07) is 18.1. The van der Waals surface area contributed by atoms with E-state index < -0.39 is 0 Å². The number of fused-ring (bicyclic) bond motifs is 1. The first-order valence-corrected chi connectivity index (χ1v) is 12.4. The Morgan fingerprint density at radius 1 is 1.09 bits per heavy atom. The Morgan fingerprint density at radius 2 is 1.91 bits per heavy atom. The van der Waals surface area contributed by atoms with E-state index in [1.54, 1.807) is 32.0 Å². The number of hydrogen-bond donors (Lipinski definition) is 0. The molecule has 0 spiro atoms. The quantitative estimate of drug-likeness (QED) is 0.288. The van der Waals surface area contributed by atoms with Crippen LogP contribution in [0.2, 0.25) is 0 Å². The van der Waals surface area contributed by atoms with Crippen LogP contribution in [0.25, 0.3) is 10.9 Å². The predicted octanol–water partition coefficient (Wildman–Crippen LogP) is 5.63. The van der Waals surface area contributed by atoms with Gasteiger partial charge in [-0.15, -0.1) is 11.8 Å². The Bertz CT molecular complexity index is 1260. The topological polar surface area (TPSA) is 66.2 Å². The van der Waals surface area contributed by atoms with Gasteiger partial charge in [0.05, 0.1) is 12.8 Å². The van der Waals surface area contributed by atoms with Crippen LogP contribution in [-0.4, -0.2) is 27.0 Å². The highest BCUT2D eigenvalue weighted by molar-refractivity contribution is 8.12. The number of carbonyl (C=O) groups excluding carboxylic acids is 1. The summed E-state index contributed by atoms with van der Waals surface area (Å²) in [5, 5.41) is 5.66. The zero-order chi connectivity index (χ0) is 23.2. The first-order valence-electron chi connectivity index (χ1n) is 10.4. The Balaban J connectivity index is 1.49. The third-order valence-electron chi connectivity index (χ3n) is 5.03. The largest absolute Gasteiger partial charge is 0.497 e. The molecule has 0 atom stereocenters. The second-order valence-corrected chi connectivity index (χ2v) is 9.65. The average molecular weight is 480 g/mol. The lowest BCUT2D eigenvalue weighted by molar-refractivity contribution is -0.109. The lowest BCUT2D eigenvalue weighted by atomic mass is 10.2. The summed E-state index contributed by atoms with van der Waals surface area (Å²) in [6.07, 6.45) is 1.78. The van der Waals surface area contributed by atoms with Crippen molar-refractivity contribution in [1.82, 2.24) is 14.8 Å². The fourth-order valence-corrected chi connectivity index (χ4v) is 4.80. The van der Waals surface area contributed by atoms with E-state index in [2.05, 4.69) is 22.2 Å². The Labute approximate surface area is 201 Å². The van der Waals surface area contributed by atoms with Gasteiger partial charge in [-0.05, 0) is 42.0 Å². The number of hydrogen-bond acceptors (Lipinski definition) is 7. The third kappa shape index (κ3) is 6.09. The number of pyridine rings is 1. The fraction of sp³-hybridized carbons (Fsp3) is 0.240. The molecule has 6 nitrogen and oxygen atoms in total. The van der Waals surface area contributed by atoms with Gasteiger partial charge in [-0.3, -0.25) is 14.5 Å². The Hall–Kier alpha value is -2.97. The van der Waals surface area contributed by atoms with E-state index in [0.717, 1.165) is 50.0 Å². The van der Waals surface area contributed by atoms with E-state index in [9.17, 15) is 4.79 Å². The van der Waals surface area contributed by atoms with Crippen molar-refractivity contribution in [3.05, 3.63) is 77.7 Å². The normalized spacial score (nSPS) is 11.0. The molecule has 0 saturated carbocycles. The number of carbonyl (C=O) groups is 1. The molecule has 0 saturated heterocycles. The van der Waals surface area contributed by atoms with Gasteiger partial charge < -0.3 is 9.47 Å².